The standard InChI is InChI=1S/C25H27N3O4S2/c1-4-28(20-12-6-5-7-13-20)34(31,32)21-14-10-11-19(17-21)25(30)27(2)18-24(29)26-22-15-8-9-16-23(22)33-3/h5-17H,4,18H2,1-3H3,(H,26,29). The van der Waals surface area contributed by atoms with Crippen LogP contribution in [0.2, 0.25) is 0 Å². The lowest BCUT2D eigenvalue weighted by Crippen LogP contribution is -2.35. The van der Waals surface area contributed by atoms with Crippen molar-refractivity contribution in [3.05, 3.63) is 84.4 Å². The van der Waals surface area contributed by atoms with E-state index in [4.69, 9.17) is 0 Å². The fourth-order valence-electron chi connectivity index (χ4n) is 3.45. The summed E-state index contributed by atoms with van der Waals surface area (Å²) in [6.45, 7) is 1.81. The summed E-state index contributed by atoms with van der Waals surface area (Å²) in [7, 11) is -2.37. The van der Waals surface area contributed by atoms with Crippen molar-refractivity contribution in [3.63, 3.8) is 0 Å². The minimum absolute atomic E-state index is 0.0100. The van der Waals surface area contributed by atoms with Gasteiger partial charge in [0.1, 0.15) is 0 Å². The molecule has 0 aliphatic heterocycles. The molecule has 1 N–H and O–H groups in total. The second kappa shape index (κ2) is 11.2. The molecule has 0 fully saturated rings. The molecule has 0 bridgehead atoms. The number of nitrogens with one attached hydrogen (secondary N) is 1. The van der Waals surface area contributed by atoms with Gasteiger partial charge in [0, 0.05) is 24.1 Å². The van der Waals surface area contributed by atoms with Gasteiger partial charge in [0.2, 0.25) is 5.91 Å². The average molecular weight is 498 g/mol. The highest BCUT2D eigenvalue weighted by atomic mass is 32.2. The van der Waals surface area contributed by atoms with Crippen LogP contribution < -0.4 is 9.62 Å². The van der Waals surface area contributed by atoms with E-state index in [0.717, 1.165) is 4.90 Å². The molecule has 0 aliphatic rings. The largest absolute Gasteiger partial charge is 0.332 e. The molecular formula is C25H27N3O4S2. The average Bonchev–Trinajstić information content (AvgIpc) is 2.84. The van der Waals surface area contributed by atoms with E-state index in [1.54, 1.807) is 37.3 Å². The molecule has 34 heavy (non-hydrogen) atoms. The highest BCUT2D eigenvalue weighted by molar-refractivity contribution is 7.98. The molecule has 0 aromatic heterocycles. The third kappa shape index (κ3) is 5.78. The van der Waals surface area contributed by atoms with Crippen LogP contribution in [0.25, 0.3) is 0 Å². The highest BCUT2D eigenvalue weighted by Gasteiger charge is 2.25. The molecule has 0 unspecified atom stereocenters. The minimum Gasteiger partial charge on any atom is -0.332 e. The quantitative estimate of drug-likeness (QED) is 0.445. The van der Waals surface area contributed by atoms with Crippen molar-refractivity contribution >= 4 is 45.0 Å². The monoisotopic (exact) mass is 497 g/mol. The molecule has 3 aromatic carbocycles. The van der Waals surface area contributed by atoms with Crippen LogP contribution in [0.3, 0.4) is 0 Å². The lowest BCUT2D eigenvalue weighted by Gasteiger charge is -2.23. The summed E-state index contributed by atoms with van der Waals surface area (Å²) in [6, 6.07) is 22.1. The Morgan fingerprint density at radius 1 is 0.941 bits per heavy atom. The van der Waals surface area contributed by atoms with Crippen LogP contribution in [0, 0.1) is 0 Å². The first-order valence-electron chi connectivity index (χ1n) is 10.6. The minimum atomic E-state index is -3.88. The van der Waals surface area contributed by atoms with Gasteiger partial charge in [-0.1, -0.05) is 36.4 Å². The van der Waals surface area contributed by atoms with Crippen molar-refractivity contribution in [2.75, 3.05) is 36.0 Å². The van der Waals surface area contributed by atoms with Gasteiger partial charge in [-0.05, 0) is 55.6 Å². The van der Waals surface area contributed by atoms with Crippen molar-refractivity contribution in [1.29, 1.82) is 0 Å². The molecule has 9 heteroatoms. The Balaban J connectivity index is 1.76. The number of hydrogen-bond acceptors (Lipinski definition) is 5. The fourth-order valence-corrected chi connectivity index (χ4v) is 5.52. The molecule has 178 valence electrons. The lowest BCUT2D eigenvalue weighted by atomic mass is 10.2. The molecule has 3 aromatic rings. The predicted molar refractivity (Wildman–Crippen MR) is 137 cm³/mol. The number of anilines is 2. The lowest BCUT2D eigenvalue weighted by molar-refractivity contribution is -0.116. The van der Waals surface area contributed by atoms with E-state index in [0.29, 0.717) is 11.4 Å². The van der Waals surface area contributed by atoms with E-state index in [2.05, 4.69) is 5.32 Å². The van der Waals surface area contributed by atoms with Crippen molar-refractivity contribution in [1.82, 2.24) is 4.90 Å². The first kappa shape index (κ1) is 25.3. The van der Waals surface area contributed by atoms with Crippen LogP contribution in [0.5, 0.6) is 0 Å². The van der Waals surface area contributed by atoms with Crippen LogP contribution in [0.15, 0.2) is 88.7 Å². The molecule has 7 nitrogen and oxygen atoms in total. The van der Waals surface area contributed by atoms with E-state index in [1.807, 2.05) is 30.5 Å². The molecule has 0 saturated heterocycles. The van der Waals surface area contributed by atoms with E-state index < -0.39 is 15.9 Å². The van der Waals surface area contributed by atoms with Crippen molar-refractivity contribution in [2.45, 2.75) is 16.7 Å². The second-order valence-electron chi connectivity index (χ2n) is 7.44. The zero-order chi connectivity index (χ0) is 24.7. The van der Waals surface area contributed by atoms with Crippen LogP contribution in [-0.2, 0) is 14.8 Å². The number of carbonyl (C=O) groups is 2. The van der Waals surface area contributed by atoms with E-state index in [1.165, 1.54) is 52.3 Å². The maximum atomic E-state index is 13.3. The van der Waals surface area contributed by atoms with E-state index in [-0.39, 0.29) is 29.5 Å². The summed E-state index contributed by atoms with van der Waals surface area (Å²) in [6.07, 6.45) is 1.92. The van der Waals surface area contributed by atoms with Gasteiger partial charge in [0.25, 0.3) is 15.9 Å². The molecule has 0 saturated carbocycles. The first-order valence-corrected chi connectivity index (χ1v) is 13.3. The summed E-state index contributed by atoms with van der Waals surface area (Å²) < 4.78 is 27.9. The maximum Gasteiger partial charge on any atom is 0.264 e. The smallest absolute Gasteiger partial charge is 0.264 e. The van der Waals surface area contributed by atoms with Crippen LogP contribution in [-0.4, -0.2) is 51.5 Å². The summed E-state index contributed by atoms with van der Waals surface area (Å²) >= 11 is 1.51. The molecule has 0 heterocycles. The van der Waals surface area contributed by atoms with Crippen molar-refractivity contribution in [3.8, 4) is 0 Å². The third-order valence-electron chi connectivity index (χ3n) is 5.11. The Morgan fingerprint density at radius 3 is 2.29 bits per heavy atom. The van der Waals surface area contributed by atoms with Gasteiger partial charge >= 0.3 is 0 Å². The Morgan fingerprint density at radius 2 is 1.62 bits per heavy atom. The van der Waals surface area contributed by atoms with Crippen molar-refractivity contribution < 1.29 is 18.0 Å². The maximum absolute atomic E-state index is 13.3. The van der Waals surface area contributed by atoms with Crippen LogP contribution in [0.1, 0.15) is 17.3 Å². The number of amides is 2. The Kier molecular flexibility index (Phi) is 8.36. The molecule has 0 atom stereocenters. The zero-order valence-corrected chi connectivity index (χ0v) is 20.9. The van der Waals surface area contributed by atoms with Crippen molar-refractivity contribution in [2.24, 2.45) is 0 Å². The number of para-hydroxylation sites is 2. The summed E-state index contributed by atoms with van der Waals surface area (Å²) in [4.78, 5) is 27.7. The number of hydrogen-bond donors (Lipinski definition) is 1. The number of sulfonamides is 1. The number of likely N-dealkylation sites (N-methyl/N-ethyl adjacent to an activating group) is 1. The van der Waals surface area contributed by atoms with Gasteiger partial charge in [-0.2, -0.15) is 0 Å². The predicted octanol–water partition coefficient (Wildman–Crippen LogP) is 4.33. The molecule has 0 spiro atoms. The highest BCUT2D eigenvalue weighted by Crippen LogP contribution is 2.25. The van der Waals surface area contributed by atoms with Gasteiger partial charge in [0.05, 0.1) is 22.8 Å². The molecule has 2 amide bonds. The van der Waals surface area contributed by atoms with Gasteiger partial charge in [-0.3, -0.25) is 13.9 Å². The van der Waals surface area contributed by atoms with Gasteiger partial charge < -0.3 is 10.2 Å². The first-order chi connectivity index (χ1) is 16.3. The fraction of sp³-hybridized carbons (Fsp3) is 0.200. The van der Waals surface area contributed by atoms with Gasteiger partial charge in [0.15, 0.2) is 0 Å². The summed E-state index contributed by atoms with van der Waals surface area (Å²) in [5.41, 5.74) is 1.40. The summed E-state index contributed by atoms with van der Waals surface area (Å²) in [5, 5.41) is 2.82. The third-order valence-corrected chi connectivity index (χ3v) is 7.80. The summed E-state index contributed by atoms with van der Waals surface area (Å²) in [5.74, 6) is -0.796. The number of thioether (sulfide) groups is 1. The molecule has 3 rings (SSSR count). The topological polar surface area (TPSA) is 86.8 Å². The van der Waals surface area contributed by atoms with Crippen LogP contribution in [0.4, 0.5) is 11.4 Å². The second-order valence-corrected chi connectivity index (χ2v) is 10.2. The number of benzene rings is 3. The molecule has 0 aliphatic carbocycles. The molecule has 0 radical (unpaired) electrons. The SMILES string of the molecule is CCN(c1ccccc1)S(=O)(=O)c1cccc(C(=O)N(C)CC(=O)Nc2ccccc2SC)c1. The number of rotatable bonds is 9. The normalized spacial score (nSPS) is 11.0. The Bertz CT molecular complexity index is 1260. The number of nitrogens with zero attached hydrogens (tertiary/aromatic N) is 2. The van der Waals surface area contributed by atoms with E-state index in [9.17, 15) is 18.0 Å². The zero-order valence-electron chi connectivity index (χ0n) is 19.3. The van der Waals surface area contributed by atoms with Crippen LogP contribution >= 0.6 is 11.8 Å². The Hall–Kier alpha value is -3.30. The molecular weight excluding hydrogens is 470 g/mol. The van der Waals surface area contributed by atoms with Gasteiger partial charge in [-0.25, -0.2) is 8.42 Å². The Labute approximate surface area is 204 Å². The van der Waals surface area contributed by atoms with Gasteiger partial charge in [-0.15, -0.1) is 11.8 Å². The number of carbonyl (C=O) groups excluding carboxylic acids is 2. The van der Waals surface area contributed by atoms with E-state index >= 15 is 0 Å².